The number of pyridine rings is 1. The van der Waals surface area contributed by atoms with Gasteiger partial charge in [-0.3, -0.25) is 19.1 Å². The van der Waals surface area contributed by atoms with Crippen molar-refractivity contribution < 1.29 is 22.8 Å². The van der Waals surface area contributed by atoms with Gasteiger partial charge in [0, 0.05) is 31.0 Å². The summed E-state index contributed by atoms with van der Waals surface area (Å²) in [5.74, 6) is -0.405. The number of likely N-dealkylation sites (N-methyl/N-ethyl adjacent to an activating group) is 1. The van der Waals surface area contributed by atoms with Crippen LogP contribution in [-0.2, 0) is 15.8 Å². The molecule has 1 fully saturated rings. The Kier molecular flexibility index (Phi) is 6.87. The lowest BCUT2D eigenvalue weighted by Gasteiger charge is -2.18. The first kappa shape index (κ1) is 23.7. The molecule has 1 aromatic carbocycles. The third-order valence-electron chi connectivity index (χ3n) is 5.13. The molecule has 2 aromatic heterocycles. The van der Waals surface area contributed by atoms with Crippen molar-refractivity contribution in [1.82, 2.24) is 24.6 Å². The molecule has 0 bridgehead atoms. The molecule has 12 heteroatoms. The molecule has 0 spiro atoms. The van der Waals surface area contributed by atoms with Crippen molar-refractivity contribution in [2.75, 3.05) is 24.7 Å². The van der Waals surface area contributed by atoms with Gasteiger partial charge < -0.3 is 10.2 Å². The van der Waals surface area contributed by atoms with Gasteiger partial charge in [0.25, 0.3) is 0 Å². The number of thioether (sulfide) groups is 1. The number of hydrogen-bond donors (Lipinski definition) is 1. The largest absolute Gasteiger partial charge is 0.418 e. The number of carbonyl (C=O) groups is 2. The van der Waals surface area contributed by atoms with Gasteiger partial charge in [0.1, 0.15) is 0 Å². The van der Waals surface area contributed by atoms with Crippen molar-refractivity contribution in [3.63, 3.8) is 0 Å². The molecule has 0 radical (unpaired) electrons. The summed E-state index contributed by atoms with van der Waals surface area (Å²) in [6.07, 6.45) is 0.752. The molecule has 8 nitrogen and oxygen atoms in total. The maximum Gasteiger partial charge on any atom is 0.418 e. The molecule has 34 heavy (non-hydrogen) atoms. The molecule has 0 unspecified atom stereocenters. The highest BCUT2D eigenvalue weighted by Gasteiger charge is 2.34. The number of nitrogens with zero attached hydrogens (tertiary/aromatic N) is 5. The fourth-order valence-corrected chi connectivity index (χ4v) is 4.24. The Labute approximate surface area is 197 Å². The minimum Gasteiger partial charge on any atom is -0.336 e. The van der Waals surface area contributed by atoms with Crippen LogP contribution >= 0.6 is 11.8 Å². The van der Waals surface area contributed by atoms with Crippen LogP contribution in [0.4, 0.5) is 18.9 Å². The first-order chi connectivity index (χ1) is 16.2. The zero-order valence-corrected chi connectivity index (χ0v) is 18.9. The number of carbonyl (C=O) groups excluding carboxylic acids is 2. The Morgan fingerprint density at radius 3 is 2.62 bits per heavy atom. The number of amides is 2. The van der Waals surface area contributed by atoms with Gasteiger partial charge in [0.05, 0.1) is 23.5 Å². The summed E-state index contributed by atoms with van der Waals surface area (Å²) in [7, 11) is 1.42. The summed E-state index contributed by atoms with van der Waals surface area (Å²) in [4.78, 5) is 30.1. The average molecular weight is 491 g/mol. The van der Waals surface area contributed by atoms with Gasteiger partial charge in [0.15, 0.2) is 11.0 Å². The molecule has 3 aromatic rings. The molecule has 4 rings (SSSR count). The molecule has 1 aliphatic rings. The fourth-order valence-electron chi connectivity index (χ4n) is 3.30. The zero-order valence-electron chi connectivity index (χ0n) is 18.1. The second-order valence-electron chi connectivity index (χ2n) is 7.78. The van der Waals surface area contributed by atoms with Crippen molar-refractivity contribution in [3.05, 3.63) is 54.4 Å². The lowest BCUT2D eigenvalue weighted by atomic mass is 10.1. The van der Waals surface area contributed by atoms with Crippen LogP contribution in [0.15, 0.2) is 53.9 Å². The zero-order chi connectivity index (χ0) is 24.3. The Morgan fingerprint density at radius 2 is 1.94 bits per heavy atom. The van der Waals surface area contributed by atoms with Gasteiger partial charge in [0.2, 0.25) is 11.8 Å². The number of anilines is 1. The van der Waals surface area contributed by atoms with Crippen molar-refractivity contribution in [2.45, 2.75) is 30.2 Å². The number of rotatable bonds is 8. The Hall–Kier alpha value is -3.41. The van der Waals surface area contributed by atoms with E-state index in [1.54, 1.807) is 12.4 Å². The summed E-state index contributed by atoms with van der Waals surface area (Å²) >= 11 is 1.20. The van der Waals surface area contributed by atoms with E-state index in [4.69, 9.17) is 0 Å². The highest BCUT2D eigenvalue weighted by molar-refractivity contribution is 7.99. The first-order valence-electron chi connectivity index (χ1n) is 10.4. The Morgan fingerprint density at radius 1 is 1.18 bits per heavy atom. The normalized spacial score (nSPS) is 13.5. The second kappa shape index (κ2) is 9.84. The van der Waals surface area contributed by atoms with E-state index in [0.29, 0.717) is 11.0 Å². The van der Waals surface area contributed by atoms with Gasteiger partial charge in [-0.05, 0) is 37.1 Å². The summed E-state index contributed by atoms with van der Waals surface area (Å²) in [6, 6.07) is 8.65. The van der Waals surface area contributed by atoms with Crippen LogP contribution in [-0.4, -0.2) is 55.8 Å². The maximum atomic E-state index is 13.1. The van der Waals surface area contributed by atoms with Crippen LogP contribution in [0.2, 0.25) is 0 Å². The third-order valence-corrected chi connectivity index (χ3v) is 6.06. The smallest absolute Gasteiger partial charge is 0.336 e. The highest BCUT2D eigenvalue weighted by Crippen LogP contribution is 2.41. The van der Waals surface area contributed by atoms with E-state index in [0.717, 1.165) is 24.5 Å². The van der Waals surface area contributed by atoms with Crippen LogP contribution in [0.25, 0.3) is 11.4 Å². The predicted molar refractivity (Wildman–Crippen MR) is 120 cm³/mol. The van der Waals surface area contributed by atoms with Crippen molar-refractivity contribution in [3.8, 4) is 11.4 Å². The van der Waals surface area contributed by atoms with Gasteiger partial charge >= 0.3 is 6.18 Å². The lowest BCUT2D eigenvalue weighted by Crippen LogP contribution is -2.36. The minimum absolute atomic E-state index is 0.000805. The van der Waals surface area contributed by atoms with Crippen LogP contribution in [0.3, 0.4) is 0 Å². The van der Waals surface area contributed by atoms with Crippen LogP contribution in [0.5, 0.6) is 0 Å². The van der Waals surface area contributed by atoms with E-state index in [2.05, 4.69) is 20.5 Å². The molecule has 0 saturated heterocycles. The lowest BCUT2D eigenvalue weighted by molar-refractivity contribution is -0.137. The number of hydrogen-bond acceptors (Lipinski definition) is 6. The fraction of sp³-hybridized carbons (Fsp3) is 0.318. The van der Waals surface area contributed by atoms with E-state index in [-0.39, 0.29) is 29.9 Å². The maximum absolute atomic E-state index is 13.1. The van der Waals surface area contributed by atoms with Gasteiger partial charge in [-0.25, -0.2) is 0 Å². The molecule has 2 heterocycles. The predicted octanol–water partition coefficient (Wildman–Crippen LogP) is 3.88. The Balaban J connectivity index is 1.36. The molecule has 0 aliphatic heterocycles. The van der Waals surface area contributed by atoms with Crippen molar-refractivity contribution >= 4 is 29.3 Å². The van der Waals surface area contributed by atoms with E-state index >= 15 is 0 Å². The summed E-state index contributed by atoms with van der Waals surface area (Å²) in [5.41, 5.74) is -0.472. The topological polar surface area (TPSA) is 93.0 Å². The van der Waals surface area contributed by atoms with Gasteiger partial charge in [-0.2, -0.15) is 13.2 Å². The molecule has 0 atom stereocenters. The number of aromatic nitrogens is 4. The quantitative estimate of drug-likeness (QED) is 0.482. The molecule has 1 saturated carbocycles. The Bertz CT molecular complexity index is 1180. The highest BCUT2D eigenvalue weighted by atomic mass is 32.2. The summed E-state index contributed by atoms with van der Waals surface area (Å²) < 4.78 is 41.4. The molecular formula is C22H21F3N6O2S. The van der Waals surface area contributed by atoms with Crippen molar-refractivity contribution in [1.29, 1.82) is 0 Å². The molecule has 178 valence electrons. The number of benzene rings is 1. The average Bonchev–Trinajstić information content (AvgIpc) is 3.56. The standard InChI is InChI=1S/C22H21F3N6O2S/c1-30(12-18(32)27-17-7-3-2-6-16(17)22(23,24)25)19(33)13-34-21-29-28-20(31(21)15-8-9-15)14-5-4-10-26-11-14/h2-7,10-11,15H,8-9,12-13H2,1H3,(H,27,32). The van der Waals surface area contributed by atoms with E-state index in [1.165, 1.54) is 41.9 Å². The number of nitrogens with one attached hydrogen (secondary N) is 1. The summed E-state index contributed by atoms with van der Waals surface area (Å²) in [5, 5.41) is 11.3. The van der Waals surface area contributed by atoms with Crippen LogP contribution < -0.4 is 5.32 Å². The van der Waals surface area contributed by atoms with Gasteiger partial charge in [-0.1, -0.05) is 23.9 Å². The van der Waals surface area contributed by atoms with Gasteiger partial charge in [-0.15, -0.1) is 10.2 Å². The molecule has 2 amide bonds. The third kappa shape index (κ3) is 5.56. The second-order valence-corrected chi connectivity index (χ2v) is 8.72. The number of halogens is 3. The first-order valence-corrected chi connectivity index (χ1v) is 11.4. The minimum atomic E-state index is -4.60. The SMILES string of the molecule is CN(CC(=O)Nc1ccccc1C(F)(F)F)C(=O)CSc1nnc(-c2cccnc2)n1C1CC1. The van der Waals surface area contributed by atoms with E-state index in [1.807, 2.05) is 16.7 Å². The molecular weight excluding hydrogens is 469 g/mol. The molecule has 1 aliphatic carbocycles. The summed E-state index contributed by atoms with van der Waals surface area (Å²) in [6.45, 7) is -0.387. The van der Waals surface area contributed by atoms with E-state index < -0.39 is 17.6 Å². The molecule has 1 N–H and O–H groups in total. The van der Waals surface area contributed by atoms with E-state index in [9.17, 15) is 22.8 Å². The van der Waals surface area contributed by atoms with Crippen molar-refractivity contribution in [2.24, 2.45) is 0 Å². The number of para-hydroxylation sites is 1. The number of alkyl halides is 3. The van der Waals surface area contributed by atoms with Crippen LogP contribution in [0.1, 0.15) is 24.4 Å². The monoisotopic (exact) mass is 490 g/mol. The van der Waals surface area contributed by atoms with Crippen LogP contribution in [0, 0.1) is 0 Å².